The maximum absolute atomic E-state index is 12.1. The van der Waals surface area contributed by atoms with Crippen molar-refractivity contribution >= 4 is 29.9 Å². The zero-order valence-electron chi connectivity index (χ0n) is 14.7. The van der Waals surface area contributed by atoms with Crippen molar-refractivity contribution in [3.63, 3.8) is 0 Å². The molecule has 0 spiro atoms. The van der Waals surface area contributed by atoms with Gasteiger partial charge in [0.1, 0.15) is 17.3 Å². The Kier molecular flexibility index (Phi) is 7.82. The van der Waals surface area contributed by atoms with Gasteiger partial charge in [0.15, 0.2) is 6.61 Å². The number of carbonyl (C=O) groups is 1. The van der Waals surface area contributed by atoms with Crippen LogP contribution in [0.15, 0.2) is 40.8 Å². The number of hydrogen-bond donors (Lipinski definition) is 1. The van der Waals surface area contributed by atoms with E-state index in [-0.39, 0.29) is 31.0 Å². The number of nitrogens with one attached hydrogen (secondary N) is 1. The third-order valence-corrected chi connectivity index (χ3v) is 4.60. The maximum atomic E-state index is 12.1. The van der Waals surface area contributed by atoms with E-state index < -0.39 is 0 Å². The van der Waals surface area contributed by atoms with Gasteiger partial charge in [0.05, 0.1) is 6.04 Å². The molecular weight excluding hydrogens is 375 g/mol. The summed E-state index contributed by atoms with van der Waals surface area (Å²) in [5.41, 5.74) is 0. The number of nitrogens with zero attached hydrogens (tertiary/aromatic N) is 1. The second-order valence-corrected chi connectivity index (χ2v) is 6.69. The molecule has 3 rings (SSSR count). The first-order valence-corrected chi connectivity index (χ1v) is 8.95. The summed E-state index contributed by atoms with van der Waals surface area (Å²) in [6.07, 6.45) is 2.37. The molecular formula is C19H24Cl2N2O3. The van der Waals surface area contributed by atoms with Gasteiger partial charge in [-0.15, -0.1) is 12.4 Å². The molecule has 1 aliphatic rings. The Balaban J connectivity index is 0.00000243. The molecule has 1 aliphatic heterocycles. The van der Waals surface area contributed by atoms with Crippen molar-refractivity contribution in [2.24, 2.45) is 0 Å². The van der Waals surface area contributed by atoms with E-state index in [9.17, 15) is 4.79 Å². The molecule has 5 nitrogen and oxygen atoms in total. The summed E-state index contributed by atoms with van der Waals surface area (Å²) in [6.45, 7) is 4.48. The third-order valence-electron chi connectivity index (χ3n) is 4.35. The molecule has 7 heteroatoms. The molecule has 1 saturated heterocycles. The highest BCUT2D eigenvalue weighted by Gasteiger charge is 2.26. The van der Waals surface area contributed by atoms with Gasteiger partial charge in [-0.3, -0.25) is 9.69 Å². The van der Waals surface area contributed by atoms with Crippen LogP contribution >= 0.6 is 24.0 Å². The fourth-order valence-electron chi connectivity index (χ4n) is 3.04. The second kappa shape index (κ2) is 9.86. The Labute approximate surface area is 165 Å². The van der Waals surface area contributed by atoms with Gasteiger partial charge in [0, 0.05) is 11.6 Å². The minimum Gasteiger partial charge on any atom is -0.484 e. The van der Waals surface area contributed by atoms with Gasteiger partial charge in [0.25, 0.3) is 5.91 Å². The minimum atomic E-state index is -0.151. The van der Waals surface area contributed by atoms with Gasteiger partial charge in [-0.2, -0.15) is 0 Å². The molecule has 2 aromatic rings. The lowest BCUT2D eigenvalue weighted by atomic mass is 10.2. The first-order chi connectivity index (χ1) is 12.1. The van der Waals surface area contributed by atoms with Crippen molar-refractivity contribution in [1.82, 2.24) is 10.2 Å². The summed E-state index contributed by atoms with van der Waals surface area (Å²) in [5, 5.41) is 3.60. The van der Waals surface area contributed by atoms with E-state index in [1.165, 1.54) is 12.8 Å². The summed E-state index contributed by atoms with van der Waals surface area (Å²) < 4.78 is 11.3. The summed E-state index contributed by atoms with van der Waals surface area (Å²) in [7, 11) is 0. The van der Waals surface area contributed by atoms with Crippen LogP contribution in [0.1, 0.15) is 30.4 Å². The van der Waals surface area contributed by atoms with Crippen molar-refractivity contribution < 1.29 is 13.9 Å². The molecule has 0 bridgehead atoms. The van der Waals surface area contributed by atoms with Crippen LogP contribution in [0.4, 0.5) is 0 Å². The Morgan fingerprint density at radius 2 is 1.92 bits per heavy atom. The zero-order valence-corrected chi connectivity index (χ0v) is 16.3. The van der Waals surface area contributed by atoms with E-state index in [2.05, 4.69) is 10.2 Å². The number of benzene rings is 1. The summed E-state index contributed by atoms with van der Waals surface area (Å²) >= 11 is 5.83. The van der Waals surface area contributed by atoms with Crippen LogP contribution < -0.4 is 10.1 Å². The van der Waals surface area contributed by atoms with E-state index in [0.717, 1.165) is 24.6 Å². The standard InChI is InChI=1S/C19H23ClN2O3.ClH/c1-14-4-9-18(25-14)17(22-10-2-3-11-22)12-21-19(23)13-24-16-7-5-15(20)6-8-16;/h4-9,17H,2-3,10-13H2,1H3,(H,21,23);1H. The van der Waals surface area contributed by atoms with Gasteiger partial charge < -0.3 is 14.5 Å². The van der Waals surface area contributed by atoms with E-state index >= 15 is 0 Å². The first-order valence-electron chi connectivity index (χ1n) is 8.57. The quantitative estimate of drug-likeness (QED) is 0.765. The number of aryl methyl sites for hydroxylation is 1. The smallest absolute Gasteiger partial charge is 0.258 e. The highest BCUT2D eigenvalue weighted by molar-refractivity contribution is 6.30. The van der Waals surface area contributed by atoms with Crippen molar-refractivity contribution in [3.8, 4) is 5.75 Å². The maximum Gasteiger partial charge on any atom is 0.258 e. The Bertz CT molecular complexity index is 697. The Hall–Kier alpha value is -1.69. The number of likely N-dealkylation sites (tertiary alicyclic amines) is 1. The topological polar surface area (TPSA) is 54.7 Å². The molecule has 1 aromatic heterocycles. The lowest BCUT2D eigenvalue weighted by Crippen LogP contribution is -2.38. The van der Waals surface area contributed by atoms with Crippen LogP contribution in [0.3, 0.4) is 0 Å². The molecule has 1 amide bonds. The van der Waals surface area contributed by atoms with Gasteiger partial charge in [-0.25, -0.2) is 0 Å². The molecule has 0 radical (unpaired) electrons. The third kappa shape index (κ3) is 5.66. The fourth-order valence-corrected chi connectivity index (χ4v) is 3.16. The normalized spacial score (nSPS) is 15.3. The Morgan fingerprint density at radius 3 is 2.54 bits per heavy atom. The predicted molar refractivity (Wildman–Crippen MR) is 104 cm³/mol. The largest absolute Gasteiger partial charge is 0.484 e. The van der Waals surface area contributed by atoms with Crippen LogP contribution in [-0.2, 0) is 4.79 Å². The van der Waals surface area contributed by atoms with Crippen LogP contribution in [0.25, 0.3) is 0 Å². The fraction of sp³-hybridized carbons (Fsp3) is 0.421. The van der Waals surface area contributed by atoms with Crippen LogP contribution in [0, 0.1) is 6.92 Å². The Morgan fingerprint density at radius 1 is 1.23 bits per heavy atom. The molecule has 0 saturated carbocycles. The van der Waals surface area contributed by atoms with Crippen LogP contribution in [-0.4, -0.2) is 37.0 Å². The van der Waals surface area contributed by atoms with Crippen molar-refractivity contribution in [2.75, 3.05) is 26.2 Å². The highest BCUT2D eigenvalue weighted by atomic mass is 35.5. The number of ether oxygens (including phenoxy) is 1. The molecule has 2 heterocycles. The van der Waals surface area contributed by atoms with Crippen molar-refractivity contribution in [2.45, 2.75) is 25.8 Å². The molecule has 26 heavy (non-hydrogen) atoms. The highest BCUT2D eigenvalue weighted by Crippen LogP contribution is 2.26. The first kappa shape index (κ1) is 20.6. The van der Waals surface area contributed by atoms with E-state index in [1.807, 2.05) is 19.1 Å². The lowest BCUT2D eigenvalue weighted by molar-refractivity contribution is -0.123. The average Bonchev–Trinajstić information content (AvgIpc) is 3.27. The summed E-state index contributed by atoms with van der Waals surface area (Å²) in [4.78, 5) is 14.5. The van der Waals surface area contributed by atoms with Crippen molar-refractivity contribution in [3.05, 3.63) is 52.9 Å². The SMILES string of the molecule is Cc1ccc(C(CNC(=O)COc2ccc(Cl)cc2)N2CCCC2)o1.Cl. The summed E-state index contributed by atoms with van der Waals surface area (Å²) in [5.74, 6) is 2.26. The van der Waals surface area contributed by atoms with Gasteiger partial charge in [-0.05, 0) is 69.3 Å². The minimum absolute atomic E-state index is 0. The molecule has 1 unspecified atom stereocenters. The van der Waals surface area contributed by atoms with E-state index in [1.54, 1.807) is 24.3 Å². The molecule has 1 fully saturated rings. The number of hydrogen-bond acceptors (Lipinski definition) is 4. The van der Waals surface area contributed by atoms with Gasteiger partial charge in [-0.1, -0.05) is 11.6 Å². The number of amides is 1. The van der Waals surface area contributed by atoms with Crippen molar-refractivity contribution in [1.29, 1.82) is 0 Å². The second-order valence-electron chi connectivity index (χ2n) is 6.25. The van der Waals surface area contributed by atoms with Gasteiger partial charge >= 0.3 is 0 Å². The number of furan rings is 1. The molecule has 1 atom stereocenters. The van der Waals surface area contributed by atoms with Gasteiger partial charge in [0.2, 0.25) is 0 Å². The van der Waals surface area contributed by atoms with Crippen LogP contribution in [0.2, 0.25) is 5.02 Å². The number of halogens is 2. The predicted octanol–water partition coefficient (Wildman–Crippen LogP) is 4.00. The average molecular weight is 399 g/mol. The molecule has 0 aliphatic carbocycles. The zero-order chi connectivity index (χ0) is 17.6. The molecule has 1 aromatic carbocycles. The van der Waals surface area contributed by atoms with E-state index in [0.29, 0.717) is 17.3 Å². The number of rotatable bonds is 7. The number of carbonyl (C=O) groups excluding carboxylic acids is 1. The van der Waals surface area contributed by atoms with E-state index in [4.69, 9.17) is 20.8 Å². The monoisotopic (exact) mass is 398 g/mol. The molecule has 1 N–H and O–H groups in total. The summed E-state index contributed by atoms with van der Waals surface area (Å²) in [6, 6.07) is 11.0. The lowest BCUT2D eigenvalue weighted by Gasteiger charge is -2.26. The molecule has 142 valence electrons. The van der Waals surface area contributed by atoms with Crippen LogP contribution in [0.5, 0.6) is 5.75 Å².